The van der Waals surface area contributed by atoms with Crippen LogP contribution in [0.5, 0.6) is 0 Å². The van der Waals surface area contributed by atoms with E-state index in [2.05, 4.69) is 25.9 Å². The summed E-state index contributed by atoms with van der Waals surface area (Å²) >= 11 is 5.58. The number of aliphatic imine (C=N–C) groups is 1. The van der Waals surface area contributed by atoms with Crippen LogP contribution in [-0.2, 0) is 0 Å². The van der Waals surface area contributed by atoms with Crippen molar-refractivity contribution in [3.05, 3.63) is 81.9 Å². The van der Waals surface area contributed by atoms with E-state index >= 15 is 0 Å². The number of azo groups is 1. The van der Waals surface area contributed by atoms with Crippen LogP contribution in [0, 0.1) is 17.5 Å². The first-order valence-corrected chi connectivity index (χ1v) is 9.91. The van der Waals surface area contributed by atoms with E-state index < -0.39 is 47.1 Å². The van der Waals surface area contributed by atoms with Crippen LogP contribution in [0.25, 0.3) is 0 Å². The minimum atomic E-state index is -4.79. The second-order valence-electron chi connectivity index (χ2n) is 7.64. The van der Waals surface area contributed by atoms with Gasteiger partial charge < -0.3 is 5.32 Å². The Morgan fingerprint density at radius 1 is 1.06 bits per heavy atom. The SMILES string of the molecule is CC(C)(N=C(NC(=O)c1ccc(Cl)c(F)c1)NC1=CC(c2cc(F)cc(F)c2)N=N1)C(F)(F)F. The van der Waals surface area contributed by atoms with Crippen molar-refractivity contribution in [3.63, 3.8) is 0 Å². The number of halogens is 7. The summed E-state index contributed by atoms with van der Waals surface area (Å²) in [6.07, 6.45) is -3.53. The van der Waals surface area contributed by atoms with Crippen molar-refractivity contribution in [3.8, 4) is 0 Å². The Bertz CT molecular complexity index is 1190. The molecule has 1 unspecified atom stereocenters. The number of alkyl halides is 3. The maximum absolute atomic E-state index is 13.7. The molecule has 2 aromatic rings. The molecule has 0 fully saturated rings. The van der Waals surface area contributed by atoms with Crippen LogP contribution < -0.4 is 10.6 Å². The Morgan fingerprint density at radius 3 is 2.29 bits per heavy atom. The fourth-order valence-electron chi connectivity index (χ4n) is 2.68. The Morgan fingerprint density at radius 2 is 1.71 bits per heavy atom. The molecule has 1 aliphatic rings. The Hall–Kier alpha value is -3.41. The molecule has 13 heteroatoms. The lowest BCUT2D eigenvalue weighted by molar-refractivity contribution is -0.174. The van der Waals surface area contributed by atoms with Crippen LogP contribution >= 0.6 is 11.6 Å². The van der Waals surface area contributed by atoms with Crippen LogP contribution in [0.2, 0.25) is 5.02 Å². The van der Waals surface area contributed by atoms with E-state index in [1.54, 1.807) is 0 Å². The van der Waals surface area contributed by atoms with Crippen molar-refractivity contribution in [2.75, 3.05) is 0 Å². The van der Waals surface area contributed by atoms with Crippen LogP contribution in [0.4, 0.5) is 26.3 Å². The van der Waals surface area contributed by atoms with Gasteiger partial charge in [-0.05, 0) is 55.8 Å². The Balaban J connectivity index is 1.89. The third kappa shape index (κ3) is 5.93. The number of nitrogens with one attached hydrogen (secondary N) is 2. The number of amides is 1. The van der Waals surface area contributed by atoms with Crippen molar-refractivity contribution in [1.29, 1.82) is 0 Å². The zero-order valence-corrected chi connectivity index (χ0v) is 18.3. The van der Waals surface area contributed by atoms with Gasteiger partial charge in [-0.25, -0.2) is 18.2 Å². The van der Waals surface area contributed by atoms with E-state index in [0.29, 0.717) is 6.07 Å². The lowest BCUT2D eigenvalue weighted by atomic mass is 10.1. The third-order valence-corrected chi connectivity index (χ3v) is 4.88. The lowest BCUT2D eigenvalue weighted by Crippen LogP contribution is -2.46. The maximum Gasteiger partial charge on any atom is 0.413 e. The van der Waals surface area contributed by atoms with E-state index in [4.69, 9.17) is 11.6 Å². The zero-order valence-electron chi connectivity index (χ0n) is 17.5. The highest BCUT2D eigenvalue weighted by Crippen LogP contribution is 2.33. The van der Waals surface area contributed by atoms with Gasteiger partial charge in [-0.2, -0.15) is 18.3 Å². The fraction of sp³-hybridized carbons (Fsp3) is 0.238. The largest absolute Gasteiger partial charge is 0.413 e. The van der Waals surface area contributed by atoms with Crippen molar-refractivity contribution in [2.45, 2.75) is 31.6 Å². The Labute approximate surface area is 194 Å². The van der Waals surface area contributed by atoms with Gasteiger partial charge in [-0.15, -0.1) is 5.11 Å². The molecule has 1 heterocycles. The highest BCUT2D eigenvalue weighted by atomic mass is 35.5. The highest BCUT2D eigenvalue weighted by Gasteiger charge is 2.48. The molecule has 1 aliphatic heterocycles. The molecule has 0 aliphatic carbocycles. The molecule has 0 bridgehead atoms. The molecular weight excluding hydrogens is 488 g/mol. The van der Waals surface area contributed by atoms with E-state index in [1.807, 2.05) is 0 Å². The van der Waals surface area contributed by atoms with Gasteiger partial charge >= 0.3 is 6.18 Å². The smallest absolute Gasteiger partial charge is 0.309 e. The van der Waals surface area contributed by atoms with Crippen LogP contribution in [-0.4, -0.2) is 23.6 Å². The van der Waals surface area contributed by atoms with Crippen molar-refractivity contribution < 1.29 is 31.1 Å². The van der Waals surface area contributed by atoms with E-state index in [0.717, 1.165) is 44.2 Å². The second kappa shape index (κ2) is 9.45. The number of guanidine groups is 1. The first kappa shape index (κ1) is 25.2. The highest BCUT2D eigenvalue weighted by molar-refractivity contribution is 6.30. The molecule has 34 heavy (non-hydrogen) atoms. The van der Waals surface area contributed by atoms with Crippen LogP contribution in [0.1, 0.15) is 35.8 Å². The topological polar surface area (TPSA) is 78.2 Å². The minimum absolute atomic E-state index is 0.104. The normalized spacial score (nSPS) is 16.4. The summed E-state index contributed by atoms with van der Waals surface area (Å²) in [5.74, 6) is -4.41. The summed E-state index contributed by atoms with van der Waals surface area (Å²) in [5.41, 5.74) is -2.78. The average molecular weight is 504 g/mol. The molecular formula is C21H16ClF6N5O. The number of hydrogen-bond donors (Lipinski definition) is 2. The molecule has 0 saturated carbocycles. The second-order valence-corrected chi connectivity index (χ2v) is 8.05. The standard InChI is InChI=1S/C21H16ClF6N5O/c1-20(2,21(26,27)28)31-19(30-18(34)10-3-4-14(22)15(25)7-10)29-17-9-16(32-33-17)11-5-12(23)8-13(24)6-11/h3-9,16H,1-2H3,(H2,29,30,31,34). The molecule has 2 aromatic carbocycles. The first-order chi connectivity index (χ1) is 15.7. The van der Waals surface area contributed by atoms with Gasteiger partial charge in [-0.3, -0.25) is 10.1 Å². The summed E-state index contributed by atoms with van der Waals surface area (Å²) in [6, 6.07) is 4.83. The predicted molar refractivity (Wildman–Crippen MR) is 112 cm³/mol. The van der Waals surface area contributed by atoms with Crippen molar-refractivity contribution >= 4 is 23.5 Å². The number of nitrogens with zero attached hydrogens (tertiary/aromatic N) is 3. The Kier molecular flexibility index (Phi) is 7.01. The molecule has 1 amide bonds. The molecule has 6 nitrogen and oxygen atoms in total. The summed E-state index contributed by atoms with van der Waals surface area (Å²) in [7, 11) is 0. The number of hydrogen-bond acceptors (Lipinski definition) is 4. The van der Waals surface area contributed by atoms with Crippen molar-refractivity contribution in [2.24, 2.45) is 15.2 Å². The monoisotopic (exact) mass is 503 g/mol. The van der Waals surface area contributed by atoms with E-state index in [1.165, 1.54) is 6.08 Å². The van der Waals surface area contributed by atoms with Gasteiger partial charge in [0.15, 0.2) is 11.4 Å². The van der Waals surface area contributed by atoms with Gasteiger partial charge in [0, 0.05) is 11.6 Å². The molecule has 0 spiro atoms. The lowest BCUT2D eigenvalue weighted by Gasteiger charge is -2.25. The van der Waals surface area contributed by atoms with E-state index in [-0.39, 0.29) is 22.0 Å². The predicted octanol–water partition coefficient (Wildman–Crippen LogP) is 5.82. The van der Waals surface area contributed by atoms with Gasteiger partial charge in [-0.1, -0.05) is 11.6 Å². The zero-order chi connectivity index (χ0) is 25.3. The first-order valence-electron chi connectivity index (χ1n) is 9.54. The minimum Gasteiger partial charge on any atom is -0.309 e. The number of rotatable bonds is 4. The molecule has 0 saturated heterocycles. The summed E-state index contributed by atoms with van der Waals surface area (Å²) < 4.78 is 80.8. The van der Waals surface area contributed by atoms with Gasteiger partial charge in [0.05, 0.1) is 5.02 Å². The summed E-state index contributed by atoms with van der Waals surface area (Å²) in [4.78, 5) is 16.0. The van der Waals surface area contributed by atoms with Crippen molar-refractivity contribution in [1.82, 2.24) is 10.6 Å². The molecule has 2 N–H and O–H groups in total. The van der Waals surface area contributed by atoms with Crippen LogP contribution in [0.15, 0.2) is 63.5 Å². The number of benzene rings is 2. The average Bonchev–Trinajstić information content (AvgIpc) is 3.16. The molecule has 180 valence electrons. The number of carbonyl (C=O) groups excluding carboxylic acids is 1. The third-order valence-electron chi connectivity index (χ3n) is 4.58. The van der Waals surface area contributed by atoms with Gasteiger partial charge in [0.25, 0.3) is 5.91 Å². The molecule has 0 radical (unpaired) electrons. The van der Waals surface area contributed by atoms with Gasteiger partial charge in [0.2, 0.25) is 5.96 Å². The molecule has 3 rings (SSSR count). The molecule has 1 atom stereocenters. The number of carbonyl (C=O) groups is 1. The maximum atomic E-state index is 13.7. The summed E-state index contributed by atoms with van der Waals surface area (Å²) in [5, 5.41) is 11.8. The van der Waals surface area contributed by atoms with Gasteiger partial charge in [0.1, 0.15) is 23.5 Å². The van der Waals surface area contributed by atoms with E-state index in [9.17, 15) is 31.1 Å². The quantitative estimate of drug-likeness (QED) is 0.313. The fourth-order valence-corrected chi connectivity index (χ4v) is 2.80. The summed E-state index contributed by atoms with van der Waals surface area (Å²) in [6.45, 7) is 1.54. The molecule has 0 aromatic heterocycles. The van der Waals surface area contributed by atoms with Crippen LogP contribution in [0.3, 0.4) is 0 Å².